The van der Waals surface area contributed by atoms with Crippen LogP contribution in [0, 0.1) is 5.41 Å². The molecule has 0 fully saturated rings. The number of nitrogens with two attached hydrogens (primary N) is 1. The normalized spacial score (nSPS) is 17.9. The minimum absolute atomic E-state index is 0.105. The van der Waals surface area contributed by atoms with Gasteiger partial charge in [-0.05, 0) is 73.4 Å². The van der Waals surface area contributed by atoms with Gasteiger partial charge in [-0.25, -0.2) is 17.9 Å². The Kier molecular flexibility index (Phi) is 9.53. The van der Waals surface area contributed by atoms with Crippen molar-refractivity contribution in [3.8, 4) is 11.1 Å². The summed E-state index contributed by atoms with van der Waals surface area (Å²) in [6, 6.07) is 15.3. The first-order chi connectivity index (χ1) is 22.2. The Bertz CT molecular complexity index is 1790. The maximum Gasteiger partial charge on any atom is 0.407 e. The van der Waals surface area contributed by atoms with Crippen molar-refractivity contribution in [2.75, 3.05) is 13.2 Å². The van der Waals surface area contributed by atoms with Gasteiger partial charge in [0.15, 0.2) is 0 Å². The van der Waals surface area contributed by atoms with Crippen LogP contribution in [-0.4, -0.2) is 50.7 Å². The fourth-order valence-corrected chi connectivity index (χ4v) is 8.61. The molecule has 1 aliphatic heterocycles. The number of carbonyl (C=O) groups is 2. The van der Waals surface area contributed by atoms with E-state index in [1.807, 2.05) is 83.1 Å². The fourth-order valence-electron chi connectivity index (χ4n) is 6.83. The third kappa shape index (κ3) is 7.07. The highest BCUT2D eigenvalue weighted by atomic mass is 32.2. The maximum atomic E-state index is 13.6. The minimum Gasteiger partial charge on any atom is -0.481 e. The Hall–Kier alpha value is -4.58. The zero-order valence-corrected chi connectivity index (χ0v) is 28.2. The maximum absolute atomic E-state index is 13.6. The van der Waals surface area contributed by atoms with Crippen LogP contribution in [0.3, 0.4) is 0 Å². The summed E-state index contributed by atoms with van der Waals surface area (Å²) in [4.78, 5) is 28.8. The molecule has 0 saturated heterocycles. The smallest absolute Gasteiger partial charge is 0.407 e. The van der Waals surface area contributed by atoms with Crippen molar-refractivity contribution in [3.63, 3.8) is 0 Å². The van der Waals surface area contributed by atoms with E-state index in [1.54, 1.807) is 0 Å². The largest absolute Gasteiger partial charge is 0.481 e. The molecule has 0 bridgehead atoms. The number of rotatable bonds is 11. The van der Waals surface area contributed by atoms with Gasteiger partial charge in [-0.1, -0.05) is 62.4 Å². The van der Waals surface area contributed by atoms with E-state index in [4.69, 9.17) is 15.2 Å². The average molecular weight is 663 g/mol. The van der Waals surface area contributed by atoms with Crippen molar-refractivity contribution in [1.82, 2.24) is 10.0 Å². The molecule has 5 rings (SSSR count). The number of nitrogens with zero attached hydrogens (tertiary/aromatic N) is 1. The van der Waals surface area contributed by atoms with Gasteiger partial charge < -0.3 is 25.6 Å². The van der Waals surface area contributed by atoms with Crippen molar-refractivity contribution in [3.05, 3.63) is 92.8 Å². The molecule has 3 aliphatic rings. The van der Waals surface area contributed by atoms with E-state index in [1.165, 1.54) is 0 Å². The molecule has 12 heteroatoms. The molecule has 0 radical (unpaired) electrons. The van der Waals surface area contributed by atoms with E-state index in [-0.39, 0.29) is 42.8 Å². The molecule has 0 saturated carbocycles. The van der Waals surface area contributed by atoms with Crippen molar-refractivity contribution in [1.29, 1.82) is 0 Å². The molecular weight excluding hydrogens is 620 g/mol. The Morgan fingerprint density at radius 1 is 1.06 bits per heavy atom. The minimum atomic E-state index is -4.05. The van der Waals surface area contributed by atoms with E-state index < -0.39 is 33.5 Å². The van der Waals surface area contributed by atoms with Gasteiger partial charge in [0, 0.05) is 29.5 Å². The quantitative estimate of drug-likeness (QED) is 0.136. The molecule has 47 heavy (non-hydrogen) atoms. The van der Waals surface area contributed by atoms with Gasteiger partial charge in [-0.3, -0.25) is 9.79 Å². The number of aliphatic carboxylic acids is 1. The molecule has 0 unspecified atom stereocenters. The molecule has 250 valence electrons. The van der Waals surface area contributed by atoms with Crippen LogP contribution in [0.15, 0.2) is 86.7 Å². The summed E-state index contributed by atoms with van der Waals surface area (Å²) < 4.78 is 41.1. The second kappa shape index (κ2) is 13.3. The number of carboxylic acids is 1. The third-order valence-electron chi connectivity index (χ3n) is 8.98. The highest BCUT2D eigenvalue weighted by Crippen LogP contribution is 2.53. The van der Waals surface area contributed by atoms with Crippen LogP contribution in [0.25, 0.3) is 11.1 Å². The van der Waals surface area contributed by atoms with E-state index in [9.17, 15) is 23.1 Å². The monoisotopic (exact) mass is 662 g/mol. The molecule has 5 N–H and O–H groups in total. The summed E-state index contributed by atoms with van der Waals surface area (Å²) >= 11 is 0. The number of aliphatic imine (C=N–C) groups is 1. The lowest BCUT2D eigenvalue weighted by molar-refractivity contribution is -0.137. The first-order valence-electron chi connectivity index (χ1n) is 15.7. The van der Waals surface area contributed by atoms with Crippen molar-refractivity contribution in [2.45, 2.75) is 72.3 Å². The van der Waals surface area contributed by atoms with Crippen molar-refractivity contribution in [2.24, 2.45) is 16.1 Å². The van der Waals surface area contributed by atoms with Crippen molar-refractivity contribution >= 4 is 28.0 Å². The zero-order valence-electron chi connectivity index (χ0n) is 27.3. The van der Waals surface area contributed by atoms with E-state index in [0.717, 1.165) is 33.4 Å². The summed E-state index contributed by atoms with van der Waals surface area (Å²) in [5.74, 6) is -0.135. The lowest BCUT2D eigenvalue weighted by Gasteiger charge is -2.23. The first kappa shape index (κ1) is 33.8. The highest BCUT2D eigenvalue weighted by Gasteiger charge is 2.46. The number of guanidine groups is 1. The van der Waals surface area contributed by atoms with Gasteiger partial charge in [-0.2, -0.15) is 0 Å². The second-order valence-electron chi connectivity index (χ2n) is 12.9. The van der Waals surface area contributed by atoms with Gasteiger partial charge >= 0.3 is 12.1 Å². The lowest BCUT2D eigenvalue weighted by atomic mass is 9.91. The van der Waals surface area contributed by atoms with E-state index in [2.05, 4.69) is 15.0 Å². The summed E-state index contributed by atoms with van der Waals surface area (Å²) in [6.07, 6.45) is 0.0903. The molecule has 1 amide bonds. The number of carboxylic acid groups (broad SMARTS) is 1. The second-order valence-corrected chi connectivity index (χ2v) is 14.5. The number of amides is 1. The van der Waals surface area contributed by atoms with Crippen LogP contribution in [0.2, 0.25) is 0 Å². The molecule has 1 atom stereocenters. The Labute approximate surface area is 275 Å². The molecule has 11 nitrogen and oxygen atoms in total. The van der Waals surface area contributed by atoms with Crippen LogP contribution in [-0.2, 0) is 24.3 Å². The Morgan fingerprint density at radius 2 is 1.68 bits per heavy atom. The van der Waals surface area contributed by atoms with Gasteiger partial charge in [0.2, 0.25) is 5.96 Å². The van der Waals surface area contributed by atoms with Crippen LogP contribution in [0.1, 0.15) is 77.3 Å². The molecule has 0 spiro atoms. The predicted molar refractivity (Wildman–Crippen MR) is 180 cm³/mol. The molecular formula is C35H42N4O7S. The van der Waals surface area contributed by atoms with Gasteiger partial charge in [0.05, 0.1) is 11.3 Å². The number of sulfonamides is 1. The Morgan fingerprint density at radius 3 is 2.30 bits per heavy atom. The lowest BCUT2D eigenvalue weighted by Crippen LogP contribution is -2.40. The fraction of sp³-hybridized carbons (Fsp3) is 0.400. The topological polar surface area (TPSA) is 169 Å². The molecule has 2 aliphatic carbocycles. The number of carbonyl (C=O) groups excluding carboxylic acids is 1. The SMILES string of the molecule is CC1=C(C)C2=C(S(=O)(=O)NC(N)=NCCC[C@@H](CC(=O)O)NC(=O)OCC3c4ccccc4-c4ccccc43)C(C)(C)CC2=C(C)O1. The summed E-state index contributed by atoms with van der Waals surface area (Å²) in [7, 11) is -4.05. The zero-order chi connectivity index (χ0) is 34.1. The summed E-state index contributed by atoms with van der Waals surface area (Å²) in [5.41, 5.74) is 12.0. The standard InChI is InChI=1S/C35H42N4O7S/c1-20-21(2)46-22(3)28-18-35(4,5)32(31(20)28)47(43,44)39-33(36)37-16-10-11-23(17-30(40)41)38-34(42)45-19-29-26-14-8-6-12-24(26)25-13-7-9-15-27(25)29/h6-9,12-15,23,29H,10-11,16-19H2,1-5H3,(H,38,42)(H,40,41)(H3,36,37,39)/t23-/m0/s1. The number of ether oxygens (including phenoxy) is 2. The van der Waals surface area contributed by atoms with E-state index in [0.29, 0.717) is 29.9 Å². The predicted octanol–water partition coefficient (Wildman–Crippen LogP) is 5.66. The van der Waals surface area contributed by atoms with E-state index >= 15 is 0 Å². The molecule has 0 aromatic heterocycles. The number of hydrogen-bond donors (Lipinski definition) is 4. The molecule has 2 aromatic carbocycles. The van der Waals surface area contributed by atoms with Crippen LogP contribution >= 0.6 is 0 Å². The number of benzene rings is 2. The number of nitrogens with one attached hydrogen (secondary N) is 2. The van der Waals surface area contributed by atoms with Crippen LogP contribution in [0.4, 0.5) is 4.79 Å². The van der Waals surface area contributed by atoms with Crippen molar-refractivity contribution < 1.29 is 32.6 Å². The average Bonchev–Trinajstić information content (AvgIpc) is 3.48. The number of alkyl carbamates (subject to hydrolysis) is 1. The third-order valence-corrected chi connectivity index (χ3v) is 10.8. The number of hydrogen-bond acceptors (Lipinski definition) is 7. The first-order valence-corrected chi connectivity index (χ1v) is 17.1. The van der Waals surface area contributed by atoms with Crippen LogP contribution in [0.5, 0.6) is 0 Å². The van der Waals surface area contributed by atoms with Gasteiger partial charge in [0.1, 0.15) is 18.1 Å². The van der Waals surface area contributed by atoms with Crippen LogP contribution < -0.4 is 15.8 Å². The summed E-state index contributed by atoms with van der Waals surface area (Å²) in [6.45, 7) is 9.44. The number of fused-ring (bicyclic) bond motifs is 4. The Balaban J connectivity index is 1.18. The van der Waals surface area contributed by atoms with Gasteiger partial charge in [0.25, 0.3) is 10.0 Å². The summed E-state index contributed by atoms with van der Waals surface area (Å²) in [5, 5.41) is 12.1. The molecule has 2 aromatic rings. The molecule has 1 heterocycles. The number of allylic oxidation sites excluding steroid dienone is 6. The highest BCUT2D eigenvalue weighted by molar-refractivity contribution is 7.94. The van der Waals surface area contributed by atoms with Gasteiger partial charge in [-0.15, -0.1) is 0 Å².